The van der Waals surface area contributed by atoms with Crippen LogP contribution in [-0.4, -0.2) is 24.5 Å². The molecule has 0 fully saturated rings. The van der Waals surface area contributed by atoms with Crippen LogP contribution < -0.4 is 15.4 Å². The standard InChI is InChI=1S/C21H20ClN3O2/c1-27-19-8-5-15(6-9-19)11-12-23-21(26)16-7-10-20(24-14-16)25-18-4-2-3-17(22)13-18/h2-10,13-14H,11-12H2,1H3,(H,23,26)(H,24,25). The zero-order valence-electron chi connectivity index (χ0n) is 14.9. The summed E-state index contributed by atoms with van der Waals surface area (Å²) in [6.45, 7) is 0.549. The molecule has 2 aromatic carbocycles. The summed E-state index contributed by atoms with van der Waals surface area (Å²) in [4.78, 5) is 16.5. The van der Waals surface area contributed by atoms with Gasteiger partial charge in [0.15, 0.2) is 0 Å². The van der Waals surface area contributed by atoms with E-state index in [9.17, 15) is 4.79 Å². The Kier molecular flexibility index (Phi) is 6.28. The van der Waals surface area contributed by atoms with E-state index in [1.165, 1.54) is 0 Å². The number of hydrogen-bond acceptors (Lipinski definition) is 4. The molecule has 3 rings (SSSR count). The minimum Gasteiger partial charge on any atom is -0.497 e. The number of hydrogen-bond donors (Lipinski definition) is 2. The van der Waals surface area contributed by atoms with Crippen LogP contribution >= 0.6 is 11.6 Å². The molecule has 27 heavy (non-hydrogen) atoms. The predicted molar refractivity (Wildman–Crippen MR) is 108 cm³/mol. The second-order valence-corrected chi connectivity index (χ2v) is 6.36. The number of benzene rings is 2. The second kappa shape index (κ2) is 9.05. The number of nitrogens with one attached hydrogen (secondary N) is 2. The first-order valence-corrected chi connectivity index (χ1v) is 8.91. The quantitative estimate of drug-likeness (QED) is 0.634. The zero-order valence-corrected chi connectivity index (χ0v) is 15.7. The van der Waals surface area contributed by atoms with Crippen molar-refractivity contribution in [1.82, 2.24) is 10.3 Å². The van der Waals surface area contributed by atoms with Crippen LogP contribution in [0.5, 0.6) is 5.75 Å². The maximum Gasteiger partial charge on any atom is 0.252 e. The monoisotopic (exact) mass is 381 g/mol. The molecule has 0 radical (unpaired) electrons. The summed E-state index contributed by atoms with van der Waals surface area (Å²) >= 11 is 5.97. The van der Waals surface area contributed by atoms with Gasteiger partial charge < -0.3 is 15.4 Å². The Bertz CT molecular complexity index is 896. The van der Waals surface area contributed by atoms with Crippen molar-refractivity contribution < 1.29 is 9.53 Å². The number of pyridine rings is 1. The first-order chi connectivity index (χ1) is 13.1. The zero-order chi connectivity index (χ0) is 19.1. The molecule has 138 valence electrons. The van der Waals surface area contributed by atoms with Crippen molar-refractivity contribution in [1.29, 1.82) is 0 Å². The van der Waals surface area contributed by atoms with Gasteiger partial charge in [0, 0.05) is 23.5 Å². The average molecular weight is 382 g/mol. The minimum atomic E-state index is -0.148. The lowest BCUT2D eigenvalue weighted by Gasteiger charge is -2.08. The highest BCUT2D eigenvalue weighted by Gasteiger charge is 2.06. The van der Waals surface area contributed by atoms with Gasteiger partial charge >= 0.3 is 0 Å². The Labute approximate surface area is 163 Å². The molecule has 0 saturated carbocycles. The van der Waals surface area contributed by atoms with E-state index in [1.54, 1.807) is 31.5 Å². The fraction of sp³-hybridized carbons (Fsp3) is 0.143. The molecule has 1 aromatic heterocycles. The Morgan fingerprint density at radius 2 is 1.93 bits per heavy atom. The number of carbonyl (C=O) groups excluding carboxylic acids is 1. The summed E-state index contributed by atoms with van der Waals surface area (Å²) in [5, 5.41) is 6.70. The van der Waals surface area contributed by atoms with Crippen molar-refractivity contribution in [2.24, 2.45) is 0 Å². The Morgan fingerprint density at radius 1 is 1.11 bits per heavy atom. The number of amides is 1. The van der Waals surface area contributed by atoms with E-state index in [-0.39, 0.29) is 5.91 Å². The van der Waals surface area contributed by atoms with E-state index in [4.69, 9.17) is 16.3 Å². The van der Waals surface area contributed by atoms with Gasteiger partial charge in [-0.15, -0.1) is 0 Å². The van der Waals surface area contributed by atoms with E-state index in [0.717, 1.165) is 23.4 Å². The molecule has 0 aliphatic carbocycles. The number of aromatic nitrogens is 1. The summed E-state index contributed by atoms with van der Waals surface area (Å²) in [5.74, 6) is 1.32. The van der Waals surface area contributed by atoms with E-state index in [1.807, 2.05) is 42.5 Å². The Balaban J connectivity index is 1.51. The SMILES string of the molecule is COc1ccc(CCNC(=O)c2ccc(Nc3cccc(Cl)c3)nc2)cc1. The van der Waals surface area contributed by atoms with E-state index >= 15 is 0 Å². The van der Waals surface area contributed by atoms with Gasteiger partial charge in [0.2, 0.25) is 0 Å². The van der Waals surface area contributed by atoms with Gasteiger partial charge in [-0.2, -0.15) is 0 Å². The smallest absolute Gasteiger partial charge is 0.252 e. The summed E-state index contributed by atoms with van der Waals surface area (Å²) in [6, 6.07) is 18.7. The molecule has 0 aliphatic rings. The number of nitrogens with zero attached hydrogens (tertiary/aromatic N) is 1. The molecule has 2 N–H and O–H groups in total. The number of methoxy groups -OCH3 is 1. The molecule has 0 spiro atoms. The van der Waals surface area contributed by atoms with Crippen LogP contribution in [0, 0.1) is 0 Å². The van der Waals surface area contributed by atoms with Crippen LogP contribution in [0.15, 0.2) is 66.9 Å². The Hall–Kier alpha value is -3.05. The van der Waals surface area contributed by atoms with Crippen molar-refractivity contribution in [3.63, 3.8) is 0 Å². The number of carbonyl (C=O) groups is 1. The molecular formula is C21H20ClN3O2. The summed E-state index contributed by atoms with van der Waals surface area (Å²) < 4.78 is 5.13. The molecule has 0 saturated heterocycles. The lowest BCUT2D eigenvalue weighted by molar-refractivity contribution is 0.0954. The molecule has 3 aromatic rings. The fourth-order valence-corrected chi connectivity index (χ4v) is 2.72. The Morgan fingerprint density at radius 3 is 2.59 bits per heavy atom. The van der Waals surface area contributed by atoms with Crippen molar-refractivity contribution in [3.05, 3.63) is 83.0 Å². The van der Waals surface area contributed by atoms with Gasteiger partial charge in [-0.1, -0.05) is 29.8 Å². The summed E-state index contributed by atoms with van der Waals surface area (Å²) in [7, 11) is 1.64. The van der Waals surface area contributed by atoms with Crippen molar-refractivity contribution >= 4 is 29.0 Å². The van der Waals surface area contributed by atoms with Gasteiger partial charge in [-0.05, 0) is 54.4 Å². The van der Waals surface area contributed by atoms with E-state index in [0.29, 0.717) is 22.9 Å². The second-order valence-electron chi connectivity index (χ2n) is 5.92. The van der Waals surface area contributed by atoms with Gasteiger partial charge in [0.05, 0.1) is 12.7 Å². The third-order valence-electron chi connectivity index (χ3n) is 3.98. The molecular weight excluding hydrogens is 362 g/mol. The van der Waals surface area contributed by atoms with Crippen LogP contribution in [0.2, 0.25) is 5.02 Å². The molecule has 6 heteroatoms. The van der Waals surface area contributed by atoms with Gasteiger partial charge in [0.1, 0.15) is 11.6 Å². The predicted octanol–water partition coefficient (Wildman–Crippen LogP) is 4.46. The van der Waals surface area contributed by atoms with Crippen LogP contribution in [0.25, 0.3) is 0 Å². The van der Waals surface area contributed by atoms with Gasteiger partial charge in [0.25, 0.3) is 5.91 Å². The maximum atomic E-state index is 12.2. The van der Waals surface area contributed by atoms with Gasteiger partial charge in [-0.25, -0.2) is 4.98 Å². The highest BCUT2D eigenvalue weighted by atomic mass is 35.5. The maximum absolute atomic E-state index is 12.2. The number of rotatable bonds is 7. The summed E-state index contributed by atoms with van der Waals surface area (Å²) in [5.41, 5.74) is 2.49. The molecule has 0 atom stereocenters. The summed E-state index contributed by atoms with van der Waals surface area (Å²) in [6.07, 6.45) is 2.30. The third kappa shape index (κ3) is 5.46. The van der Waals surface area contributed by atoms with Gasteiger partial charge in [-0.3, -0.25) is 4.79 Å². The van der Waals surface area contributed by atoms with Crippen molar-refractivity contribution in [2.45, 2.75) is 6.42 Å². The topological polar surface area (TPSA) is 63.2 Å². The molecule has 5 nitrogen and oxygen atoms in total. The number of anilines is 2. The lowest BCUT2D eigenvalue weighted by Crippen LogP contribution is -2.25. The first kappa shape index (κ1) is 18.7. The van der Waals surface area contributed by atoms with E-state index in [2.05, 4.69) is 15.6 Å². The molecule has 1 heterocycles. The molecule has 0 bridgehead atoms. The lowest BCUT2D eigenvalue weighted by atomic mass is 10.1. The third-order valence-corrected chi connectivity index (χ3v) is 4.22. The van der Waals surface area contributed by atoms with Crippen molar-refractivity contribution in [3.8, 4) is 5.75 Å². The number of halogens is 1. The molecule has 1 amide bonds. The number of ether oxygens (including phenoxy) is 1. The average Bonchev–Trinajstić information content (AvgIpc) is 2.69. The highest BCUT2D eigenvalue weighted by Crippen LogP contribution is 2.19. The molecule has 0 aliphatic heterocycles. The van der Waals surface area contributed by atoms with Crippen LogP contribution in [0.1, 0.15) is 15.9 Å². The van der Waals surface area contributed by atoms with Crippen LogP contribution in [0.4, 0.5) is 11.5 Å². The molecule has 0 unspecified atom stereocenters. The first-order valence-electron chi connectivity index (χ1n) is 8.54. The van der Waals surface area contributed by atoms with Crippen LogP contribution in [-0.2, 0) is 6.42 Å². The normalized spacial score (nSPS) is 10.3. The van der Waals surface area contributed by atoms with E-state index < -0.39 is 0 Å². The highest BCUT2D eigenvalue weighted by molar-refractivity contribution is 6.30. The van der Waals surface area contributed by atoms with Crippen LogP contribution in [0.3, 0.4) is 0 Å². The minimum absolute atomic E-state index is 0.148. The largest absolute Gasteiger partial charge is 0.497 e. The fourth-order valence-electron chi connectivity index (χ4n) is 2.53. The van der Waals surface area contributed by atoms with Crippen molar-refractivity contribution in [2.75, 3.05) is 19.0 Å².